The number of para-hydroxylation sites is 2. The molecule has 3 aromatic heterocycles. The number of allylic oxidation sites excluding steroid dienone is 1. The van der Waals surface area contributed by atoms with E-state index in [-0.39, 0.29) is 0 Å². The molecule has 3 heterocycles. The number of hydrogen-bond acceptors (Lipinski definition) is 4. The standard InChI is InChI=1S/C19H14N6/c1-25-12-15(18(24-25)13-6-8-21-9-7-13)10-14(11-20)19-22-16-4-2-3-5-17(16)23-19/h2-10,12H,1H3,(H,22,23)/b14-10-. The molecule has 4 aromatic rings. The normalized spacial score (nSPS) is 11.6. The number of nitrogens with zero attached hydrogens (tertiary/aromatic N) is 5. The van der Waals surface area contributed by atoms with Gasteiger partial charge in [-0.05, 0) is 30.3 Å². The average molecular weight is 326 g/mol. The van der Waals surface area contributed by atoms with Gasteiger partial charge < -0.3 is 4.98 Å². The summed E-state index contributed by atoms with van der Waals surface area (Å²) in [6.07, 6.45) is 7.14. The molecule has 0 aliphatic rings. The Morgan fingerprint density at radius 2 is 2.00 bits per heavy atom. The third kappa shape index (κ3) is 2.79. The smallest absolute Gasteiger partial charge is 0.149 e. The van der Waals surface area contributed by atoms with Crippen LogP contribution >= 0.6 is 0 Å². The van der Waals surface area contributed by atoms with Gasteiger partial charge >= 0.3 is 0 Å². The highest BCUT2D eigenvalue weighted by molar-refractivity contribution is 5.92. The summed E-state index contributed by atoms with van der Waals surface area (Å²) in [7, 11) is 1.86. The van der Waals surface area contributed by atoms with Gasteiger partial charge in [0, 0.05) is 36.8 Å². The van der Waals surface area contributed by atoms with Crippen LogP contribution in [0.5, 0.6) is 0 Å². The molecule has 0 atom stereocenters. The minimum Gasteiger partial charge on any atom is -0.337 e. The molecule has 0 spiro atoms. The van der Waals surface area contributed by atoms with Crippen LogP contribution in [0.15, 0.2) is 55.0 Å². The number of aromatic amines is 1. The number of nitriles is 1. The van der Waals surface area contributed by atoms with Crippen LogP contribution in [0.25, 0.3) is 33.9 Å². The lowest BCUT2D eigenvalue weighted by Gasteiger charge is -1.98. The van der Waals surface area contributed by atoms with Gasteiger partial charge in [-0.25, -0.2) is 4.98 Å². The molecule has 0 aliphatic carbocycles. The van der Waals surface area contributed by atoms with Crippen LogP contribution in [0, 0.1) is 11.3 Å². The molecule has 6 nitrogen and oxygen atoms in total. The second-order valence-corrected chi connectivity index (χ2v) is 5.61. The molecule has 0 saturated heterocycles. The Balaban J connectivity index is 1.83. The number of aryl methyl sites for hydroxylation is 1. The topological polar surface area (TPSA) is 83.2 Å². The summed E-state index contributed by atoms with van der Waals surface area (Å²) >= 11 is 0. The number of rotatable bonds is 3. The molecular formula is C19H14N6. The third-order valence-corrected chi connectivity index (χ3v) is 3.88. The van der Waals surface area contributed by atoms with Crippen LogP contribution in [-0.4, -0.2) is 24.7 Å². The lowest BCUT2D eigenvalue weighted by atomic mass is 10.1. The van der Waals surface area contributed by atoms with Crippen molar-refractivity contribution in [3.8, 4) is 17.3 Å². The molecule has 0 radical (unpaired) electrons. The van der Waals surface area contributed by atoms with Crippen LogP contribution in [0.4, 0.5) is 0 Å². The highest BCUT2D eigenvalue weighted by Crippen LogP contribution is 2.26. The lowest BCUT2D eigenvalue weighted by Crippen LogP contribution is -1.88. The Kier molecular flexibility index (Phi) is 3.60. The molecule has 0 unspecified atom stereocenters. The Labute approximate surface area is 144 Å². The minimum atomic E-state index is 0.458. The average Bonchev–Trinajstić information content (AvgIpc) is 3.23. The number of fused-ring (bicyclic) bond motifs is 1. The van der Waals surface area contributed by atoms with Gasteiger partial charge in [-0.3, -0.25) is 9.67 Å². The summed E-state index contributed by atoms with van der Waals surface area (Å²) in [5.41, 5.74) is 4.79. The monoisotopic (exact) mass is 326 g/mol. The maximum Gasteiger partial charge on any atom is 0.149 e. The molecule has 25 heavy (non-hydrogen) atoms. The van der Waals surface area contributed by atoms with Crippen molar-refractivity contribution in [2.75, 3.05) is 0 Å². The molecule has 0 aliphatic heterocycles. The number of benzene rings is 1. The van der Waals surface area contributed by atoms with Gasteiger partial charge in [0.05, 0.1) is 22.3 Å². The second kappa shape index (κ2) is 6.06. The third-order valence-electron chi connectivity index (χ3n) is 3.88. The first-order valence-electron chi connectivity index (χ1n) is 7.75. The van der Waals surface area contributed by atoms with Crippen LogP contribution in [0.3, 0.4) is 0 Å². The van der Waals surface area contributed by atoms with Crippen LogP contribution in [0.2, 0.25) is 0 Å². The summed E-state index contributed by atoms with van der Waals surface area (Å²) in [5.74, 6) is 0.549. The van der Waals surface area contributed by atoms with Crippen molar-refractivity contribution in [1.82, 2.24) is 24.7 Å². The van der Waals surface area contributed by atoms with Gasteiger partial charge in [0.2, 0.25) is 0 Å². The molecule has 0 saturated carbocycles. The molecule has 0 bridgehead atoms. The van der Waals surface area contributed by atoms with Crippen LogP contribution < -0.4 is 0 Å². The van der Waals surface area contributed by atoms with Crippen LogP contribution in [-0.2, 0) is 7.05 Å². The molecule has 0 fully saturated rings. The Hall–Kier alpha value is -3.72. The lowest BCUT2D eigenvalue weighted by molar-refractivity contribution is 0.770. The van der Waals surface area contributed by atoms with E-state index in [4.69, 9.17) is 0 Å². The van der Waals surface area contributed by atoms with E-state index in [0.29, 0.717) is 11.4 Å². The fourth-order valence-corrected chi connectivity index (χ4v) is 2.74. The number of imidazole rings is 1. The molecular weight excluding hydrogens is 312 g/mol. The molecule has 120 valence electrons. The highest BCUT2D eigenvalue weighted by Gasteiger charge is 2.12. The number of aromatic nitrogens is 5. The van der Waals surface area contributed by atoms with Gasteiger partial charge in [-0.15, -0.1) is 0 Å². The quantitative estimate of drug-likeness (QED) is 0.585. The van der Waals surface area contributed by atoms with Gasteiger partial charge in [0.25, 0.3) is 0 Å². The molecule has 4 rings (SSSR count). The van der Waals surface area contributed by atoms with Gasteiger partial charge in [0.15, 0.2) is 0 Å². The predicted molar refractivity (Wildman–Crippen MR) is 96.0 cm³/mol. The van der Waals surface area contributed by atoms with Gasteiger partial charge in [-0.1, -0.05) is 12.1 Å². The van der Waals surface area contributed by atoms with Crippen molar-refractivity contribution >= 4 is 22.7 Å². The highest BCUT2D eigenvalue weighted by atomic mass is 15.2. The largest absolute Gasteiger partial charge is 0.337 e. The zero-order valence-electron chi connectivity index (χ0n) is 13.5. The van der Waals surface area contributed by atoms with E-state index < -0.39 is 0 Å². The Morgan fingerprint density at radius 1 is 1.20 bits per heavy atom. The summed E-state index contributed by atoms with van der Waals surface area (Å²) in [6, 6.07) is 13.7. The van der Waals surface area contributed by atoms with Crippen molar-refractivity contribution in [2.24, 2.45) is 7.05 Å². The maximum absolute atomic E-state index is 9.62. The van der Waals surface area contributed by atoms with E-state index in [1.807, 2.05) is 49.6 Å². The first-order chi connectivity index (χ1) is 12.2. The van der Waals surface area contributed by atoms with Crippen molar-refractivity contribution in [3.63, 3.8) is 0 Å². The molecule has 1 aromatic carbocycles. The van der Waals surface area contributed by atoms with E-state index in [1.165, 1.54) is 0 Å². The summed E-state index contributed by atoms with van der Waals surface area (Å²) in [5, 5.41) is 14.1. The Bertz CT molecular complexity index is 1080. The number of nitrogens with one attached hydrogen (secondary N) is 1. The van der Waals surface area contributed by atoms with E-state index in [0.717, 1.165) is 27.9 Å². The van der Waals surface area contributed by atoms with Crippen molar-refractivity contribution in [1.29, 1.82) is 5.26 Å². The molecule has 6 heteroatoms. The van der Waals surface area contributed by atoms with Crippen LogP contribution in [0.1, 0.15) is 11.4 Å². The number of pyridine rings is 1. The molecule has 0 amide bonds. The van der Waals surface area contributed by atoms with Crippen molar-refractivity contribution in [2.45, 2.75) is 0 Å². The number of hydrogen-bond donors (Lipinski definition) is 1. The molecule has 1 N–H and O–H groups in total. The first kappa shape index (κ1) is 14.8. The second-order valence-electron chi connectivity index (χ2n) is 5.61. The zero-order chi connectivity index (χ0) is 17.2. The SMILES string of the molecule is Cn1cc(/C=C(/C#N)c2nc3ccccc3[nH]2)c(-c2ccncc2)n1. The number of H-pyrrole nitrogens is 1. The van der Waals surface area contributed by atoms with Gasteiger partial charge in [-0.2, -0.15) is 10.4 Å². The summed E-state index contributed by atoms with van der Waals surface area (Å²) in [6.45, 7) is 0. The van der Waals surface area contributed by atoms with Gasteiger partial charge in [0.1, 0.15) is 11.9 Å². The summed E-state index contributed by atoms with van der Waals surface area (Å²) < 4.78 is 1.73. The minimum absolute atomic E-state index is 0.458. The maximum atomic E-state index is 9.62. The fraction of sp³-hybridized carbons (Fsp3) is 0.0526. The summed E-state index contributed by atoms with van der Waals surface area (Å²) in [4.78, 5) is 11.7. The van der Waals surface area contributed by atoms with E-state index in [2.05, 4.69) is 26.1 Å². The van der Waals surface area contributed by atoms with E-state index in [1.54, 1.807) is 23.2 Å². The first-order valence-corrected chi connectivity index (χ1v) is 7.75. The Morgan fingerprint density at radius 3 is 2.76 bits per heavy atom. The predicted octanol–water partition coefficient (Wildman–Crippen LogP) is 3.42. The van der Waals surface area contributed by atoms with Crippen molar-refractivity contribution in [3.05, 3.63) is 66.4 Å². The van der Waals surface area contributed by atoms with E-state index >= 15 is 0 Å². The van der Waals surface area contributed by atoms with Crippen molar-refractivity contribution < 1.29 is 0 Å². The zero-order valence-corrected chi connectivity index (χ0v) is 13.5. The van der Waals surface area contributed by atoms with E-state index in [9.17, 15) is 5.26 Å². The fourth-order valence-electron chi connectivity index (χ4n) is 2.74.